The van der Waals surface area contributed by atoms with E-state index < -0.39 is 0 Å². The van der Waals surface area contributed by atoms with Crippen LogP contribution in [-0.2, 0) is 24.2 Å². The summed E-state index contributed by atoms with van der Waals surface area (Å²) in [5.41, 5.74) is 4.18. The summed E-state index contributed by atoms with van der Waals surface area (Å²) in [5.74, 6) is 0.845. The number of nitrogens with zero attached hydrogens (tertiary/aromatic N) is 2. The van der Waals surface area contributed by atoms with Crippen LogP contribution in [0.3, 0.4) is 0 Å². The van der Waals surface area contributed by atoms with Gasteiger partial charge in [-0.3, -0.25) is 9.89 Å². The zero-order chi connectivity index (χ0) is 21.2. The number of hydrogen-bond donors (Lipinski definition) is 2. The van der Waals surface area contributed by atoms with Gasteiger partial charge in [-0.1, -0.05) is 68.4 Å². The first-order chi connectivity index (χ1) is 14.6. The molecule has 5 heteroatoms. The van der Waals surface area contributed by atoms with Crippen molar-refractivity contribution in [1.29, 1.82) is 0 Å². The smallest absolute Gasteiger partial charge is 0.191 e. The molecule has 1 aliphatic rings. The monoisotopic (exact) mass is 408 g/mol. The summed E-state index contributed by atoms with van der Waals surface area (Å²) in [6.07, 6.45) is 1.03. The first-order valence-electron chi connectivity index (χ1n) is 10.9. The predicted molar refractivity (Wildman–Crippen MR) is 125 cm³/mol. The van der Waals surface area contributed by atoms with Gasteiger partial charge in [0.2, 0.25) is 0 Å². The van der Waals surface area contributed by atoms with E-state index in [1.54, 1.807) is 0 Å². The minimum absolute atomic E-state index is 0.132. The average molecular weight is 409 g/mol. The Bertz CT molecular complexity index is 798. The normalized spacial score (nSPS) is 15.8. The molecule has 1 aliphatic heterocycles. The highest BCUT2D eigenvalue weighted by atomic mass is 16.5. The molecule has 0 aromatic heterocycles. The van der Waals surface area contributed by atoms with E-state index >= 15 is 0 Å². The van der Waals surface area contributed by atoms with Gasteiger partial charge in [-0.15, -0.1) is 0 Å². The molecule has 2 aromatic carbocycles. The molecule has 2 N–H and O–H groups in total. The maximum atomic E-state index is 5.47. The number of benzene rings is 2. The minimum Gasteiger partial charge on any atom is -0.379 e. The highest BCUT2D eigenvalue weighted by Gasteiger charge is 2.19. The van der Waals surface area contributed by atoms with Crippen molar-refractivity contribution in [1.82, 2.24) is 15.5 Å². The summed E-state index contributed by atoms with van der Waals surface area (Å²) in [6, 6.07) is 19.3. The molecule has 0 amide bonds. The summed E-state index contributed by atoms with van der Waals surface area (Å²) >= 11 is 0. The fourth-order valence-corrected chi connectivity index (χ4v) is 3.82. The van der Waals surface area contributed by atoms with E-state index in [1.165, 1.54) is 16.7 Å². The second-order valence-electron chi connectivity index (χ2n) is 8.76. The van der Waals surface area contributed by atoms with Crippen LogP contribution in [0.25, 0.3) is 0 Å². The molecule has 0 bridgehead atoms. The lowest BCUT2D eigenvalue weighted by Gasteiger charge is -2.28. The fourth-order valence-electron chi connectivity index (χ4n) is 3.82. The first kappa shape index (κ1) is 22.3. The number of rotatable bonds is 8. The summed E-state index contributed by atoms with van der Waals surface area (Å²) in [6.45, 7) is 10.8. The third kappa shape index (κ3) is 7.15. The van der Waals surface area contributed by atoms with E-state index in [0.29, 0.717) is 0 Å². The third-order valence-corrected chi connectivity index (χ3v) is 5.55. The maximum absolute atomic E-state index is 5.47. The van der Waals surface area contributed by atoms with Crippen LogP contribution in [0.15, 0.2) is 59.6 Å². The molecule has 5 nitrogen and oxygen atoms in total. The maximum Gasteiger partial charge on any atom is 0.191 e. The molecule has 2 aromatic rings. The van der Waals surface area contributed by atoms with Gasteiger partial charge in [0.15, 0.2) is 5.96 Å². The molecule has 1 fully saturated rings. The molecule has 0 radical (unpaired) electrons. The van der Waals surface area contributed by atoms with Crippen molar-refractivity contribution in [3.8, 4) is 0 Å². The highest BCUT2D eigenvalue weighted by Crippen LogP contribution is 2.20. The molecule has 0 spiro atoms. The molecule has 162 valence electrons. The van der Waals surface area contributed by atoms with Gasteiger partial charge in [0.05, 0.1) is 13.2 Å². The molecule has 0 saturated carbocycles. The number of ether oxygens (including phenoxy) is 1. The van der Waals surface area contributed by atoms with Crippen molar-refractivity contribution in [3.63, 3.8) is 0 Å². The van der Waals surface area contributed by atoms with Gasteiger partial charge in [-0.05, 0) is 28.5 Å². The van der Waals surface area contributed by atoms with Crippen LogP contribution in [0.2, 0.25) is 0 Å². The molecule has 1 heterocycles. The van der Waals surface area contributed by atoms with Gasteiger partial charge in [0, 0.05) is 39.8 Å². The van der Waals surface area contributed by atoms with Crippen LogP contribution in [0.5, 0.6) is 0 Å². The van der Waals surface area contributed by atoms with Gasteiger partial charge >= 0.3 is 0 Å². The van der Waals surface area contributed by atoms with E-state index in [4.69, 9.17) is 4.74 Å². The van der Waals surface area contributed by atoms with E-state index in [-0.39, 0.29) is 5.41 Å². The minimum atomic E-state index is 0.132. The SMILES string of the molecule is CN=C(NCc1ccccc1CN1CCOCC1)NCC(C)(C)Cc1ccccc1. The van der Waals surface area contributed by atoms with Crippen LogP contribution in [0, 0.1) is 5.41 Å². The lowest BCUT2D eigenvalue weighted by atomic mass is 9.86. The van der Waals surface area contributed by atoms with Gasteiger partial charge in [0.1, 0.15) is 0 Å². The topological polar surface area (TPSA) is 48.9 Å². The summed E-state index contributed by atoms with van der Waals surface area (Å²) in [5, 5.41) is 7.01. The number of morpholine rings is 1. The molecule has 0 aliphatic carbocycles. The summed E-state index contributed by atoms with van der Waals surface area (Å²) in [4.78, 5) is 6.89. The Balaban J connectivity index is 1.51. The quantitative estimate of drug-likeness (QED) is 0.519. The van der Waals surface area contributed by atoms with Crippen molar-refractivity contribution in [2.24, 2.45) is 10.4 Å². The molecular weight excluding hydrogens is 372 g/mol. The van der Waals surface area contributed by atoms with Crippen molar-refractivity contribution >= 4 is 5.96 Å². The lowest BCUT2D eigenvalue weighted by molar-refractivity contribution is 0.0341. The molecule has 3 rings (SSSR count). The van der Waals surface area contributed by atoms with Gasteiger partial charge in [0.25, 0.3) is 0 Å². The molecular formula is C25H36N4O. The van der Waals surface area contributed by atoms with E-state index in [9.17, 15) is 0 Å². The molecule has 1 saturated heterocycles. The number of aliphatic imine (C=N–C) groups is 1. The predicted octanol–water partition coefficient (Wildman–Crippen LogP) is 3.45. The Kier molecular flexibility index (Phi) is 8.29. The van der Waals surface area contributed by atoms with Crippen molar-refractivity contribution in [2.45, 2.75) is 33.4 Å². The van der Waals surface area contributed by atoms with Crippen LogP contribution < -0.4 is 10.6 Å². The zero-order valence-electron chi connectivity index (χ0n) is 18.7. The van der Waals surface area contributed by atoms with Crippen molar-refractivity contribution in [2.75, 3.05) is 39.9 Å². The summed E-state index contributed by atoms with van der Waals surface area (Å²) < 4.78 is 5.47. The van der Waals surface area contributed by atoms with E-state index in [2.05, 4.69) is 89.0 Å². The van der Waals surface area contributed by atoms with Crippen molar-refractivity contribution in [3.05, 3.63) is 71.3 Å². The van der Waals surface area contributed by atoms with E-state index in [0.717, 1.165) is 58.3 Å². The van der Waals surface area contributed by atoms with Gasteiger partial charge < -0.3 is 15.4 Å². The van der Waals surface area contributed by atoms with Crippen LogP contribution in [0.1, 0.15) is 30.5 Å². The third-order valence-electron chi connectivity index (χ3n) is 5.55. The summed E-state index contributed by atoms with van der Waals surface area (Å²) in [7, 11) is 1.83. The Morgan fingerprint density at radius 2 is 1.63 bits per heavy atom. The van der Waals surface area contributed by atoms with Gasteiger partial charge in [-0.2, -0.15) is 0 Å². The molecule has 0 unspecified atom stereocenters. The molecule has 30 heavy (non-hydrogen) atoms. The number of hydrogen-bond acceptors (Lipinski definition) is 3. The standard InChI is InChI=1S/C25H36N4O/c1-25(2,17-21-9-5-4-6-10-21)20-28-24(26-3)27-18-22-11-7-8-12-23(22)19-29-13-15-30-16-14-29/h4-12H,13-20H2,1-3H3,(H2,26,27,28). The fraction of sp³-hybridized carbons (Fsp3) is 0.480. The van der Waals surface area contributed by atoms with Crippen LogP contribution >= 0.6 is 0 Å². The van der Waals surface area contributed by atoms with Crippen LogP contribution in [0.4, 0.5) is 0 Å². The Hall–Kier alpha value is -2.37. The highest BCUT2D eigenvalue weighted by molar-refractivity contribution is 5.79. The molecule has 0 atom stereocenters. The zero-order valence-corrected chi connectivity index (χ0v) is 18.7. The Morgan fingerprint density at radius 1 is 0.967 bits per heavy atom. The number of nitrogens with one attached hydrogen (secondary N) is 2. The Morgan fingerprint density at radius 3 is 2.33 bits per heavy atom. The average Bonchev–Trinajstić information content (AvgIpc) is 2.76. The van der Waals surface area contributed by atoms with Gasteiger partial charge in [-0.25, -0.2) is 0 Å². The second kappa shape index (κ2) is 11.1. The van der Waals surface area contributed by atoms with Crippen molar-refractivity contribution < 1.29 is 4.74 Å². The number of guanidine groups is 1. The largest absolute Gasteiger partial charge is 0.379 e. The first-order valence-corrected chi connectivity index (χ1v) is 10.9. The lowest BCUT2D eigenvalue weighted by Crippen LogP contribution is -2.42. The van der Waals surface area contributed by atoms with E-state index in [1.807, 2.05) is 7.05 Å². The van der Waals surface area contributed by atoms with Crippen LogP contribution in [-0.4, -0.2) is 50.8 Å². The Labute approximate surface area is 181 Å². The second-order valence-corrected chi connectivity index (χ2v) is 8.76.